The third-order valence-corrected chi connectivity index (χ3v) is 4.80. The van der Waals surface area contributed by atoms with Crippen molar-refractivity contribution >= 4 is 11.9 Å². The van der Waals surface area contributed by atoms with Crippen LogP contribution in [0.4, 0.5) is 0 Å². The van der Waals surface area contributed by atoms with E-state index in [0.717, 1.165) is 0 Å². The van der Waals surface area contributed by atoms with Crippen LogP contribution in [0.25, 0.3) is 22.4 Å². The van der Waals surface area contributed by atoms with E-state index in [2.05, 4.69) is 4.98 Å². The number of ether oxygens (including phenoxy) is 4. The van der Waals surface area contributed by atoms with Crippen LogP contribution in [0.3, 0.4) is 0 Å². The van der Waals surface area contributed by atoms with E-state index in [9.17, 15) is 9.59 Å². The van der Waals surface area contributed by atoms with E-state index in [1.165, 1.54) is 0 Å². The van der Waals surface area contributed by atoms with E-state index >= 15 is 0 Å². The van der Waals surface area contributed by atoms with Crippen molar-refractivity contribution in [3.05, 3.63) is 65.9 Å². The summed E-state index contributed by atoms with van der Waals surface area (Å²) in [5.74, 6) is 0.0505. The number of methoxy groups -OCH3 is 2. The maximum absolute atomic E-state index is 13.1. The SMILES string of the molecule is CCOC(=O)c1c(-c2ccc(OC)cc2)cnc(-c2ccc(OC)cc2)c1C(=O)OCC. The van der Waals surface area contributed by atoms with Crippen molar-refractivity contribution in [1.29, 1.82) is 0 Å². The van der Waals surface area contributed by atoms with E-state index in [1.54, 1.807) is 82.8 Å². The summed E-state index contributed by atoms with van der Waals surface area (Å²) < 4.78 is 21.0. The lowest BCUT2D eigenvalue weighted by Crippen LogP contribution is -2.18. The lowest BCUT2D eigenvalue weighted by atomic mass is 9.93. The highest BCUT2D eigenvalue weighted by Crippen LogP contribution is 2.34. The number of esters is 2. The van der Waals surface area contributed by atoms with Gasteiger partial charge in [0.25, 0.3) is 0 Å². The Hall–Kier alpha value is -3.87. The molecule has 0 atom stereocenters. The molecule has 0 amide bonds. The van der Waals surface area contributed by atoms with Crippen molar-refractivity contribution in [3.63, 3.8) is 0 Å². The molecule has 0 spiro atoms. The van der Waals surface area contributed by atoms with Gasteiger partial charge < -0.3 is 18.9 Å². The van der Waals surface area contributed by atoms with Crippen LogP contribution in [-0.2, 0) is 9.47 Å². The first-order valence-corrected chi connectivity index (χ1v) is 10.2. The summed E-state index contributed by atoms with van der Waals surface area (Å²) in [6, 6.07) is 14.2. The fourth-order valence-electron chi connectivity index (χ4n) is 3.29. The average Bonchev–Trinajstić information content (AvgIpc) is 2.83. The van der Waals surface area contributed by atoms with E-state index in [1.807, 2.05) is 0 Å². The molecule has 0 fully saturated rings. The molecule has 7 nitrogen and oxygen atoms in total. The maximum atomic E-state index is 13.1. The van der Waals surface area contributed by atoms with Crippen LogP contribution in [0.2, 0.25) is 0 Å². The summed E-state index contributed by atoms with van der Waals surface area (Å²) in [5, 5.41) is 0. The van der Waals surface area contributed by atoms with Gasteiger partial charge in [0.2, 0.25) is 0 Å². The van der Waals surface area contributed by atoms with Crippen LogP contribution < -0.4 is 9.47 Å². The van der Waals surface area contributed by atoms with E-state index in [0.29, 0.717) is 33.9 Å². The van der Waals surface area contributed by atoms with Gasteiger partial charge in [0.1, 0.15) is 17.1 Å². The molecule has 2 aromatic carbocycles. The Morgan fingerprint density at radius 2 is 1.19 bits per heavy atom. The van der Waals surface area contributed by atoms with Gasteiger partial charge >= 0.3 is 11.9 Å². The number of pyridine rings is 1. The quantitative estimate of drug-likeness (QED) is 0.471. The zero-order valence-electron chi connectivity index (χ0n) is 18.5. The van der Waals surface area contributed by atoms with Gasteiger partial charge in [0.05, 0.1) is 38.7 Å². The molecule has 0 aliphatic rings. The largest absolute Gasteiger partial charge is 0.497 e. The van der Waals surface area contributed by atoms with E-state index in [4.69, 9.17) is 18.9 Å². The van der Waals surface area contributed by atoms with Gasteiger partial charge in [-0.05, 0) is 55.8 Å². The Kier molecular flexibility index (Phi) is 7.44. The zero-order valence-corrected chi connectivity index (χ0v) is 18.5. The topological polar surface area (TPSA) is 84.0 Å². The van der Waals surface area contributed by atoms with Crippen molar-refractivity contribution in [2.24, 2.45) is 0 Å². The normalized spacial score (nSPS) is 10.4. The second-order valence-electron chi connectivity index (χ2n) is 6.67. The van der Waals surface area contributed by atoms with Gasteiger partial charge in [-0.3, -0.25) is 4.98 Å². The number of hydrogen-bond acceptors (Lipinski definition) is 7. The number of nitrogens with zero attached hydrogens (tertiary/aromatic N) is 1. The molecule has 0 saturated carbocycles. The molecule has 3 aromatic rings. The molecule has 32 heavy (non-hydrogen) atoms. The monoisotopic (exact) mass is 435 g/mol. The molecule has 0 aliphatic heterocycles. The summed E-state index contributed by atoms with van der Waals surface area (Å²) >= 11 is 0. The molecular formula is C25H25NO6. The van der Waals surface area contributed by atoms with Crippen LogP contribution in [0.5, 0.6) is 11.5 Å². The van der Waals surface area contributed by atoms with Gasteiger partial charge in [0, 0.05) is 17.3 Å². The Morgan fingerprint density at radius 1 is 0.719 bits per heavy atom. The molecule has 1 aromatic heterocycles. The molecule has 7 heteroatoms. The highest BCUT2D eigenvalue weighted by atomic mass is 16.5. The summed E-state index contributed by atoms with van der Waals surface area (Å²) in [6.07, 6.45) is 1.57. The van der Waals surface area contributed by atoms with Crippen molar-refractivity contribution in [2.45, 2.75) is 13.8 Å². The molecule has 0 unspecified atom stereocenters. The first-order chi connectivity index (χ1) is 15.5. The molecular weight excluding hydrogens is 410 g/mol. The Balaban J connectivity index is 2.29. The second-order valence-corrected chi connectivity index (χ2v) is 6.67. The summed E-state index contributed by atoms with van der Waals surface area (Å²) in [6.45, 7) is 3.72. The summed E-state index contributed by atoms with van der Waals surface area (Å²) in [7, 11) is 3.14. The van der Waals surface area contributed by atoms with Crippen molar-refractivity contribution in [3.8, 4) is 33.9 Å². The average molecular weight is 435 g/mol. The van der Waals surface area contributed by atoms with Crippen molar-refractivity contribution < 1.29 is 28.5 Å². The second kappa shape index (κ2) is 10.4. The maximum Gasteiger partial charge on any atom is 0.341 e. The highest BCUT2D eigenvalue weighted by Gasteiger charge is 2.29. The van der Waals surface area contributed by atoms with Gasteiger partial charge in [-0.15, -0.1) is 0 Å². The lowest BCUT2D eigenvalue weighted by molar-refractivity contribution is 0.0480. The molecule has 3 rings (SSSR count). The molecule has 0 radical (unpaired) electrons. The third-order valence-electron chi connectivity index (χ3n) is 4.80. The predicted molar refractivity (Wildman–Crippen MR) is 120 cm³/mol. The Labute approximate surface area is 186 Å². The fourth-order valence-corrected chi connectivity index (χ4v) is 3.29. The van der Waals surface area contributed by atoms with Gasteiger partial charge in [-0.2, -0.15) is 0 Å². The lowest BCUT2D eigenvalue weighted by Gasteiger charge is -2.17. The molecule has 0 N–H and O–H groups in total. The highest BCUT2D eigenvalue weighted by molar-refractivity contribution is 6.11. The minimum absolute atomic E-state index is 0.0591. The number of rotatable bonds is 8. The molecule has 1 heterocycles. The first kappa shape index (κ1) is 22.8. The third kappa shape index (κ3) is 4.72. The standard InChI is InChI=1S/C25H25NO6/c1-5-31-24(27)21-20(16-7-11-18(29-3)12-8-16)15-26-23(22(21)25(28)32-6-2)17-9-13-19(30-4)14-10-17/h7-15H,5-6H2,1-4H3. The molecule has 0 bridgehead atoms. The van der Waals surface area contributed by atoms with Crippen LogP contribution in [0, 0.1) is 0 Å². The number of aromatic nitrogens is 1. The Morgan fingerprint density at radius 3 is 1.66 bits per heavy atom. The van der Waals surface area contributed by atoms with Crippen molar-refractivity contribution in [2.75, 3.05) is 27.4 Å². The van der Waals surface area contributed by atoms with Crippen LogP contribution in [-0.4, -0.2) is 44.4 Å². The smallest absolute Gasteiger partial charge is 0.341 e. The first-order valence-electron chi connectivity index (χ1n) is 10.2. The minimum atomic E-state index is -0.649. The summed E-state index contributed by atoms with van der Waals surface area (Å²) in [5.41, 5.74) is 2.28. The van der Waals surface area contributed by atoms with Crippen LogP contribution in [0.1, 0.15) is 34.6 Å². The molecule has 166 valence electrons. The van der Waals surface area contributed by atoms with Crippen LogP contribution >= 0.6 is 0 Å². The summed E-state index contributed by atoms with van der Waals surface area (Å²) in [4.78, 5) is 30.7. The number of hydrogen-bond donors (Lipinski definition) is 0. The van der Waals surface area contributed by atoms with Gasteiger partial charge in [-0.25, -0.2) is 9.59 Å². The predicted octanol–water partition coefficient (Wildman–Crippen LogP) is 4.79. The number of carbonyl (C=O) groups excluding carboxylic acids is 2. The fraction of sp³-hybridized carbons (Fsp3) is 0.240. The number of benzene rings is 2. The number of carbonyl (C=O) groups is 2. The van der Waals surface area contributed by atoms with Gasteiger partial charge in [-0.1, -0.05) is 12.1 Å². The Bertz CT molecular complexity index is 1000. The van der Waals surface area contributed by atoms with E-state index in [-0.39, 0.29) is 24.3 Å². The van der Waals surface area contributed by atoms with Gasteiger partial charge in [0.15, 0.2) is 0 Å². The molecule has 0 aliphatic carbocycles. The minimum Gasteiger partial charge on any atom is -0.497 e. The van der Waals surface area contributed by atoms with Crippen LogP contribution in [0.15, 0.2) is 54.7 Å². The molecule has 0 saturated heterocycles. The zero-order chi connectivity index (χ0) is 23.1. The van der Waals surface area contributed by atoms with E-state index < -0.39 is 11.9 Å². The van der Waals surface area contributed by atoms with Crippen molar-refractivity contribution in [1.82, 2.24) is 4.98 Å².